The average molecular weight is 226 g/mol. The van der Waals surface area contributed by atoms with Crippen molar-refractivity contribution in [3.63, 3.8) is 0 Å². The number of ether oxygens (including phenoxy) is 1. The smallest absolute Gasteiger partial charge is 0.292 e. The molecule has 1 fully saturated rings. The zero-order valence-electron chi connectivity index (χ0n) is 8.97. The second-order valence-corrected chi connectivity index (χ2v) is 3.66. The van der Waals surface area contributed by atoms with Crippen molar-refractivity contribution < 1.29 is 14.1 Å². The first kappa shape index (κ1) is 11.0. The largest absolute Gasteiger partial charge is 0.370 e. The molecule has 0 spiro atoms. The molecule has 88 valence electrons. The van der Waals surface area contributed by atoms with Gasteiger partial charge in [0, 0.05) is 19.7 Å². The van der Waals surface area contributed by atoms with Gasteiger partial charge in [-0.3, -0.25) is 4.79 Å². The number of rotatable bonds is 5. The zero-order valence-corrected chi connectivity index (χ0v) is 8.97. The van der Waals surface area contributed by atoms with Crippen molar-refractivity contribution in [2.24, 2.45) is 5.73 Å². The quantitative estimate of drug-likeness (QED) is 0.708. The molecule has 1 heterocycles. The maximum Gasteiger partial charge on any atom is 0.292 e. The molecule has 0 bridgehead atoms. The molecule has 7 nitrogen and oxygen atoms in total. The minimum Gasteiger partial charge on any atom is -0.370 e. The first-order chi connectivity index (χ1) is 7.74. The summed E-state index contributed by atoms with van der Waals surface area (Å²) in [6.07, 6.45) is 1.56. The summed E-state index contributed by atoms with van der Waals surface area (Å²) in [6.45, 7) is 0.225. The van der Waals surface area contributed by atoms with Crippen LogP contribution in [-0.4, -0.2) is 35.7 Å². The third-order valence-corrected chi connectivity index (χ3v) is 2.33. The molecule has 16 heavy (non-hydrogen) atoms. The monoisotopic (exact) mass is 226 g/mol. The Labute approximate surface area is 92.3 Å². The molecule has 2 rings (SSSR count). The van der Waals surface area contributed by atoms with E-state index in [9.17, 15) is 4.79 Å². The van der Waals surface area contributed by atoms with Crippen LogP contribution in [0.25, 0.3) is 0 Å². The first-order valence-electron chi connectivity index (χ1n) is 5.12. The summed E-state index contributed by atoms with van der Waals surface area (Å²) in [5, 5.41) is 6.34. The lowest BCUT2D eigenvalue weighted by Gasteiger charge is -2.05. The number of nitrogens with zero attached hydrogens (tertiary/aromatic N) is 2. The summed E-state index contributed by atoms with van der Waals surface area (Å²) in [5.41, 5.74) is 5.44. The van der Waals surface area contributed by atoms with E-state index in [-0.39, 0.29) is 30.2 Å². The third-order valence-electron chi connectivity index (χ3n) is 2.33. The Kier molecular flexibility index (Phi) is 3.16. The van der Waals surface area contributed by atoms with Gasteiger partial charge in [0.2, 0.25) is 0 Å². The van der Waals surface area contributed by atoms with Gasteiger partial charge in [-0.25, -0.2) is 0 Å². The highest BCUT2D eigenvalue weighted by Crippen LogP contribution is 2.19. The number of aromatic nitrogens is 2. The highest BCUT2D eigenvalue weighted by atomic mass is 16.5. The molecular formula is C9H14N4O3. The minimum atomic E-state index is -0.463. The van der Waals surface area contributed by atoms with Gasteiger partial charge in [-0.1, -0.05) is 5.16 Å². The van der Waals surface area contributed by atoms with Gasteiger partial charge in [-0.2, -0.15) is 4.98 Å². The molecular weight excluding hydrogens is 212 g/mol. The van der Waals surface area contributed by atoms with Crippen LogP contribution in [0.3, 0.4) is 0 Å². The number of amides is 1. The van der Waals surface area contributed by atoms with Gasteiger partial charge in [0.25, 0.3) is 17.6 Å². The number of methoxy groups -OCH3 is 1. The maximum atomic E-state index is 11.5. The highest BCUT2D eigenvalue weighted by molar-refractivity contribution is 5.90. The molecule has 0 radical (unpaired) electrons. The number of hydrogen-bond acceptors (Lipinski definition) is 6. The fraction of sp³-hybridized carbons (Fsp3) is 0.667. The Balaban J connectivity index is 2.02. The van der Waals surface area contributed by atoms with E-state index in [1.807, 2.05) is 0 Å². The number of hydrogen-bond donors (Lipinski definition) is 2. The van der Waals surface area contributed by atoms with Crippen LogP contribution in [-0.2, 0) is 4.74 Å². The molecule has 1 aliphatic carbocycles. The normalized spacial score (nSPS) is 17.1. The average Bonchev–Trinajstić information content (AvgIpc) is 2.96. The topological polar surface area (TPSA) is 103 Å². The number of carbonyl (C=O) groups excluding carboxylic acids is 1. The molecule has 1 saturated carbocycles. The van der Waals surface area contributed by atoms with Crippen LogP contribution in [0.1, 0.15) is 35.5 Å². The Morgan fingerprint density at radius 1 is 1.75 bits per heavy atom. The predicted octanol–water partition coefficient (Wildman–Crippen LogP) is -0.392. The van der Waals surface area contributed by atoms with E-state index in [1.54, 1.807) is 0 Å². The van der Waals surface area contributed by atoms with Crippen LogP contribution >= 0.6 is 0 Å². The Bertz CT molecular complexity index is 371. The van der Waals surface area contributed by atoms with Gasteiger partial charge < -0.3 is 20.3 Å². The van der Waals surface area contributed by atoms with E-state index in [2.05, 4.69) is 15.5 Å². The van der Waals surface area contributed by atoms with Gasteiger partial charge in [0.15, 0.2) is 0 Å². The van der Waals surface area contributed by atoms with Crippen molar-refractivity contribution in [1.82, 2.24) is 15.5 Å². The van der Waals surface area contributed by atoms with E-state index < -0.39 is 6.10 Å². The van der Waals surface area contributed by atoms with Crippen LogP contribution in [0.2, 0.25) is 0 Å². The lowest BCUT2D eigenvalue weighted by Crippen LogP contribution is -2.26. The molecule has 1 aliphatic rings. The van der Waals surface area contributed by atoms with Crippen LogP contribution < -0.4 is 11.1 Å². The summed E-state index contributed by atoms with van der Waals surface area (Å²) in [4.78, 5) is 15.5. The van der Waals surface area contributed by atoms with Gasteiger partial charge in [-0.15, -0.1) is 0 Å². The van der Waals surface area contributed by atoms with Gasteiger partial charge in [0.05, 0.1) is 0 Å². The van der Waals surface area contributed by atoms with Crippen molar-refractivity contribution in [3.05, 3.63) is 11.7 Å². The van der Waals surface area contributed by atoms with E-state index in [0.717, 1.165) is 12.8 Å². The molecule has 1 unspecified atom stereocenters. The Hall–Kier alpha value is -1.47. The standard InChI is InChI=1S/C9H14N4O3/c1-15-6(4-10)9-12-7(13-16-9)8(14)11-5-2-3-5/h5-6H,2-4,10H2,1H3,(H,11,14). The fourth-order valence-electron chi connectivity index (χ4n) is 1.23. The SMILES string of the molecule is COC(CN)c1nc(C(=O)NC2CC2)no1. The van der Waals surface area contributed by atoms with Crippen LogP contribution in [0.15, 0.2) is 4.52 Å². The Morgan fingerprint density at radius 3 is 3.06 bits per heavy atom. The molecule has 3 N–H and O–H groups in total. The van der Waals surface area contributed by atoms with E-state index in [0.29, 0.717) is 0 Å². The minimum absolute atomic E-state index is 0.0254. The van der Waals surface area contributed by atoms with E-state index in [1.165, 1.54) is 7.11 Å². The lowest BCUT2D eigenvalue weighted by atomic mass is 10.3. The van der Waals surface area contributed by atoms with E-state index >= 15 is 0 Å². The molecule has 0 aliphatic heterocycles. The van der Waals surface area contributed by atoms with Crippen molar-refractivity contribution in [1.29, 1.82) is 0 Å². The molecule has 7 heteroatoms. The van der Waals surface area contributed by atoms with Crippen LogP contribution in [0.4, 0.5) is 0 Å². The van der Waals surface area contributed by atoms with Gasteiger partial charge >= 0.3 is 0 Å². The van der Waals surface area contributed by atoms with Crippen LogP contribution in [0.5, 0.6) is 0 Å². The van der Waals surface area contributed by atoms with Gasteiger partial charge in [0.1, 0.15) is 6.10 Å². The summed E-state index contributed by atoms with van der Waals surface area (Å²) in [7, 11) is 1.49. The van der Waals surface area contributed by atoms with Gasteiger partial charge in [-0.05, 0) is 12.8 Å². The summed E-state index contributed by atoms with van der Waals surface area (Å²) >= 11 is 0. The molecule has 1 aromatic heterocycles. The third kappa shape index (κ3) is 2.37. The Morgan fingerprint density at radius 2 is 2.50 bits per heavy atom. The lowest BCUT2D eigenvalue weighted by molar-refractivity contribution is 0.0803. The molecule has 0 aromatic carbocycles. The predicted molar refractivity (Wildman–Crippen MR) is 53.6 cm³/mol. The zero-order chi connectivity index (χ0) is 11.5. The number of carbonyl (C=O) groups is 1. The summed E-state index contributed by atoms with van der Waals surface area (Å²) < 4.78 is 9.92. The number of nitrogens with two attached hydrogens (primary N) is 1. The molecule has 1 amide bonds. The highest BCUT2D eigenvalue weighted by Gasteiger charge is 2.27. The van der Waals surface area contributed by atoms with Crippen molar-refractivity contribution in [3.8, 4) is 0 Å². The number of nitrogens with one attached hydrogen (secondary N) is 1. The van der Waals surface area contributed by atoms with Crippen LogP contribution in [0, 0.1) is 0 Å². The van der Waals surface area contributed by atoms with E-state index in [4.69, 9.17) is 15.0 Å². The first-order valence-corrected chi connectivity index (χ1v) is 5.12. The van der Waals surface area contributed by atoms with Crippen molar-refractivity contribution in [2.75, 3.05) is 13.7 Å². The summed E-state index contributed by atoms with van der Waals surface area (Å²) in [5.74, 6) is -0.0623. The van der Waals surface area contributed by atoms with Crippen molar-refractivity contribution >= 4 is 5.91 Å². The fourth-order valence-corrected chi connectivity index (χ4v) is 1.23. The molecule has 1 aromatic rings. The maximum absolute atomic E-state index is 11.5. The molecule has 0 saturated heterocycles. The summed E-state index contributed by atoms with van der Waals surface area (Å²) in [6, 6.07) is 0.266. The van der Waals surface area contributed by atoms with Crippen molar-refractivity contribution in [2.45, 2.75) is 25.0 Å². The molecule has 1 atom stereocenters. The second-order valence-electron chi connectivity index (χ2n) is 3.66. The second kappa shape index (κ2) is 4.58.